The first-order valence-corrected chi connectivity index (χ1v) is 13.0. The Morgan fingerprint density at radius 2 is 1.79 bits per heavy atom. The fourth-order valence-electron chi connectivity index (χ4n) is 5.91. The van der Waals surface area contributed by atoms with Gasteiger partial charge in [-0.3, -0.25) is 9.69 Å². The second kappa shape index (κ2) is 10.7. The van der Waals surface area contributed by atoms with E-state index in [1.54, 1.807) is 11.3 Å². The number of hydrogen-bond donors (Lipinski definition) is 0. The quantitative estimate of drug-likeness (QED) is 0.335. The third kappa shape index (κ3) is 5.35. The lowest BCUT2D eigenvalue weighted by molar-refractivity contribution is -0.938. The minimum absolute atomic E-state index is 0. The standard InChI is InChI=1S/C26H33N2O3S.ClH/c29-23(20-7-3-1-4-8-20)17-28-14-9-21(10-15-28)24(18-28)31-26(30)25(22-11-16-32-19-22)27-12-5-2-6-13-27;/h1,3-4,7-8,11,16,19,21,24-25H,2,5-6,9-10,12-15,17-18H2;1H/q+1;/p-1/t21?,24-,25?,28?;/m0./s1. The number of carbonyl (C=O) groups is 2. The van der Waals surface area contributed by atoms with Gasteiger partial charge < -0.3 is 21.6 Å². The summed E-state index contributed by atoms with van der Waals surface area (Å²) in [5.74, 6) is 0.521. The summed E-state index contributed by atoms with van der Waals surface area (Å²) in [7, 11) is 0. The number of halogens is 1. The summed E-state index contributed by atoms with van der Waals surface area (Å²) in [5.41, 5.74) is 1.84. The van der Waals surface area contributed by atoms with Crippen molar-refractivity contribution in [1.82, 2.24) is 4.90 Å². The number of ketones is 1. The molecule has 2 bridgehead atoms. The number of fused-ring (bicyclic) bond motifs is 3. The van der Waals surface area contributed by atoms with E-state index in [0.717, 1.165) is 74.0 Å². The number of nitrogens with zero attached hydrogens (tertiary/aromatic N) is 2. The molecule has 0 radical (unpaired) electrons. The number of esters is 1. The lowest BCUT2D eigenvalue weighted by Gasteiger charge is -2.51. The SMILES string of the molecule is O=C(C[N+]12CCC(CC1)[C@@H](OC(=O)C(c1ccsc1)N1CCCCC1)C2)c1ccccc1.[Cl-]. The number of benzene rings is 1. The van der Waals surface area contributed by atoms with Crippen molar-refractivity contribution in [3.8, 4) is 0 Å². The van der Waals surface area contributed by atoms with Crippen LogP contribution in [0.4, 0.5) is 0 Å². The van der Waals surface area contributed by atoms with Gasteiger partial charge in [-0.25, -0.2) is 4.79 Å². The topological polar surface area (TPSA) is 46.6 Å². The lowest BCUT2D eigenvalue weighted by atomic mass is 9.82. The molecule has 0 amide bonds. The van der Waals surface area contributed by atoms with E-state index >= 15 is 0 Å². The number of carbonyl (C=O) groups excluding carboxylic acids is 2. The second-order valence-electron chi connectivity index (χ2n) is 9.79. The lowest BCUT2D eigenvalue weighted by Crippen LogP contribution is -3.00. The Hall–Kier alpha value is -1.73. The van der Waals surface area contributed by atoms with E-state index in [2.05, 4.69) is 16.3 Å². The van der Waals surface area contributed by atoms with Crippen LogP contribution in [0, 0.1) is 5.92 Å². The number of thiophene rings is 1. The first-order chi connectivity index (χ1) is 15.6. The van der Waals surface area contributed by atoms with Crippen LogP contribution in [-0.4, -0.2) is 66.5 Å². The van der Waals surface area contributed by atoms with Crippen LogP contribution < -0.4 is 12.4 Å². The zero-order valence-corrected chi connectivity index (χ0v) is 20.6. The van der Waals surface area contributed by atoms with E-state index in [1.165, 1.54) is 6.42 Å². The predicted molar refractivity (Wildman–Crippen MR) is 126 cm³/mol. The van der Waals surface area contributed by atoms with Gasteiger partial charge in [-0.15, -0.1) is 0 Å². The summed E-state index contributed by atoms with van der Waals surface area (Å²) < 4.78 is 7.03. The Morgan fingerprint density at radius 1 is 1.06 bits per heavy atom. The maximum absolute atomic E-state index is 13.5. The normalized spacial score (nSPS) is 28.0. The van der Waals surface area contributed by atoms with Crippen molar-refractivity contribution >= 4 is 23.1 Å². The van der Waals surface area contributed by atoms with Crippen molar-refractivity contribution < 1.29 is 31.2 Å². The minimum atomic E-state index is -0.295. The summed E-state index contributed by atoms with van der Waals surface area (Å²) in [5, 5.41) is 4.13. The molecule has 0 saturated carbocycles. The van der Waals surface area contributed by atoms with E-state index in [-0.39, 0.29) is 36.3 Å². The number of piperidine rings is 4. The maximum Gasteiger partial charge on any atom is 0.328 e. The molecular formula is C26H33ClN2O3S. The predicted octanol–water partition coefficient (Wildman–Crippen LogP) is 1.31. The van der Waals surface area contributed by atoms with E-state index < -0.39 is 0 Å². The zero-order valence-electron chi connectivity index (χ0n) is 19.0. The van der Waals surface area contributed by atoms with Crippen molar-refractivity contribution in [3.05, 3.63) is 58.3 Å². The molecule has 2 atom stereocenters. The monoisotopic (exact) mass is 488 g/mol. The first kappa shape index (κ1) is 24.4. The highest BCUT2D eigenvalue weighted by atomic mass is 35.5. The highest BCUT2D eigenvalue weighted by Gasteiger charge is 2.49. The van der Waals surface area contributed by atoms with Crippen molar-refractivity contribution in [2.75, 3.05) is 39.3 Å². The van der Waals surface area contributed by atoms with Gasteiger partial charge in [-0.2, -0.15) is 11.3 Å². The molecule has 4 aliphatic rings. The smallest absolute Gasteiger partial charge is 0.328 e. The Bertz CT molecular complexity index is 922. The van der Waals surface area contributed by atoms with Gasteiger partial charge in [0.15, 0.2) is 6.10 Å². The number of ether oxygens (including phenoxy) is 1. The molecule has 4 fully saturated rings. The van der Waals surface area contributed by atoms with Crippen LogP contribution in [0.2, 0.25) is 0 Å². The average molecular weight is 489 g/mol. The number of quaternary nitrogens is 1. The van der Waals surface area contributed by atoms with Crippen molar-refractivity contribution in [2.45, 2.75) is 44.2 Å². The Morgan fingerprint density at radius 3 is 2.45 bits per heavy atom. The maximum atomic E-state index is 13.5. The molecule has 33 heavy (non-hydrogen) atoms. The largest absolute Gasteiger partial charge is 1.00 e. The van der Waals surface area contributed by atoms with Gasteiger partial charge in [-0.05, 0) is 48.3 Å². The number of likely N-dealkylation sites (tertiary alicyclic amines) is 1. The van der Waals surface area contributed by atoms with Gasteiger partial charge >= 0.3 is 5.97 Å². The molecule has 0 aliphatic carbocycles. The van der Waals surface area contributed by atoms with Crippen LogP contribution in [-0.2, 0) is 9.53 Å². The van der Waals surface area contributed by atoms with Crippen molar-refractivity contribution in [1.29, 1.82) is 0 Å². The number of Topliss-reactive ketones (excluding diaryl/α,β-unsaturated/α-hetero) is 1. The summed E-state index contributed by atoms with van der Waals surface area (Å²) in [4.78, 5) is 28.8. The van der Waals surface area contributed by atoms with E-state index in [4.69, 9.17) is 4.74 Å². The van der Waals surface area contributed by atoms with E-state index in [1.807, 2.05) is 35.7 Å². The summed E-state index contributed by atoms with van der Waals surface area (Å²) >= 11 is 1.64. The Kier molecular flexibility index (Phi) is 7.90. The molecule has 1 aromatic carbocycles. The minimum Gasteiger partial charge on any atom is -1.00 e. The molecule has 2 aromatic rings. The third-order valence-corrected chi connectivity index (χ3v) is 8.42. The van der Waals surface area contributed by atoms with Crippen LogP contribution in [0.25, 0.3) is 0 Å². The molecule has 1 aromatic heterocycles. The van der Waals surface area contributed by atoms with Gasteiger partial charge in [0.1, 0.15) is 19.1 Å². The van der Waals surface area contributed by atoms with Gasteiger partial charge in [-0.1, -0.05) is 36.8 Å². The molecule has 4 saturated heterocycles. The van der Waals surface area contributed by atoms with Gasteiger partial charge in [0.05, 0.1) is 13.1 Å². The fraction of sp³-hybridized carbons (Fsp3) is 0.538. The van der Waals surface area contributed by atoms with Crippen LogP contribution >= 0.6 is 11.3 Å². The van der Waals surface area contributed by atoms with Crippen LogP contribution in [0.15, 0.2) is 47.2 Å². The van der Waals surface area contributed by atoms with Crippen molar-refractivity contribution in [2.24, 2.45) is 5.92 Å². The molecule has 6 rings (SSSR count). The van der Waals surface area contributed by atoms with Gasteiger partial charge in [0.2, 0.25) is 5.78 Å². The summed E-state index contributed by atoms with van der Waals surface area (Å²) in [6.07, 6.45) is 5.50. The molecule has 0 spiro atoms. The Labute approximate surface area is 206 Å². The molecule has 178 valence electrons. The molecule has 4 aliphatic heterocycles. The van der Waals surface area contributed by atoms with E-state index in [9.17, 15) is 9.59 Å². The highest BCUT2D eigenvalue weighted by Crippen LogP contribution is 2.37. The third-order valence-electron chi connectivity index (χ3n) is 7.72. The van der Waals surface area contributed by atoms with Gasteiger partial charge in [0, 0.05) is 24.3 Å². The fourth-order valence-corrected chi connectivity index (χ4v) is 6.59. The number of rotatable bonds is 7. The summed E-state index contributed by atoms with van der Waals surface area (Å²) in [6, 6.07) is 11.4. The number of hydrogen-bond acceptors (Lipinski definition) is 5. The van der Waals surface area contributed by atoms with Gasteiger partial charge in [0.25, 0.3) is 0 Å². The Balaban J connectivity index is 0.00000259. The first-order valence-electron chi connectivity index (χ1n) is 12.0. The summed E-state index contributed by atoms with van der Waals surface area (Å²) in [6.45, 7) is 5.20. The van der Waals surface area contributed by atoms with Crippen LogP contribution in [0.1, 0.15) is 54.1 Å². The molecule has 5 nitrogen and oxygen atoms in total. The molecular weight excluding hydrogens is 456 g/mol. The highest BCUT2D eigenvalue weighted by molar-refractivity contribution is 7.08. The van der Waals surface area contributed by atoms with Crippen molar-refractivity contribution in [3.63, 3.8) is 0 Å². The van der Waals surface area contributed by atoms with Crippen LogP contribution in [0.5, 0.6) is 0 Å². The second-order valence-corrected chi connectivity index (χ2v) is 10.6. The molecule has 7 heteroatoms. The van der Waals surface area contributed by atoms with Crippen LogP contribution in [0.3, 0.4) is 0 Å². The molecule has 0 N–H and O–H groups in total. The molecule has 1 unspecified atom stereocenters. The van der Waals surface area contributed by atoms with E-state index in [0.29, 0.717) is 12.5 Å². The average Bonchev–Trinajstić information content (AvgIpc) is 3.35. The zero-order chi connectivity index (χ0) is 22.0. The molecule has 5 heterocycles.